The van der Waals surface area contributed by atoms with Crippen LogP contribution in [0.4, 0.5) is 0 Å². The minimum absolute atomic E-state index is 0.155. The molecule has 2 unspecified atom stereocenters. The molecule has 29 heavy (non-hydrogen) atoms. The first kappa shape index (κ1) is 20.8. The lowest BCUT2D eigenvalue weighted by Gasteiger charge is -2.22. The molecule has 1 heterocycles. The summed E-state index contributed by atoms with van der Waals surface area (Å²) in [5.74, 6) is -0.416. The van der Waals surface area contributed by atoms with Crippen LogP contribution >= 0.6 is 11.3 Å². The topological polar surface area (TPSA) is 58.2 Å². The van der Waals surface area contributed by atoms with Gasteiger partial charge in [0.2, 0.25) is 5.91 Å². The molecule has 0 aliphatic rings. The highest BCUT2D eigenvalue weighted by atomic mass is 32.1. The Morgan fingerprint density at radius 2 is 1.62 bits per heavy atom. The van der Waals surface area contributed by atoms with Crippen LogP contribution in [0.25, 0.3) is 0 Å². The van der Waals surface area contributed by atoms with Gasteiger partial charge in [0.25, 0.3) is 5.91 Å². The van der Waals surface area contributed by atoms with Gasteiger partial charge in [-0.2, -0.15) is 0 Å². The van der Waals surface area contributed by atoms with Crippen molar-refractivity contribution in [2.45, 2.75) is 39.3 Å². The lowest BCUT2D eigenvalue weighted by molar-refractivity contribution is -0.123. The maximum Gasteiger partial charge on any atom is 0.262 e. The van der Waals surface area contributed by atoms with Gasteiger partial charge in [-0.15, -0.1) is 11.3 Å². The Balaban J connectivity index is 1.76. The molecule has 3 rings (SSSR count). The monoisotopic (exact) mass is 406 g/mol. The molecule has 150 valence electrons. The van der Waals surface area contributed by atoms with Crippen molar-refractivity contribution in [2.24, 2.45) is 0 Å². The number of hydrogen-bond acceptors (Lipinski definition) is 3. The summed E-state index contributed by atoms with van der Waals surface area (Å²) >= 11 is 1.36. The van der Waals surface area contributed by atoms with E-state index in [9.17, 15) is 9.59 Å². The van der Waals surface area contributed by atoms with Gasteiger partial charge in [0.1, 0.15) is 6.04 Å². The first-order valence-corrected chi connectivity index (χ1v) is 10.6. The number of carbonyl (C=O) groups excluding carboxylic acids is 2. The molecule has 0 fully saturated rings. The summed E-state index contributed by atoms with van der Waals surface area (Å²) in [7, 11) is 0. The van der Waals surface area contributed by atoms with Crippen molar-refractivity contribution in [3.63, 3.8) is 0 Å². The quantitative estimate of drug-likeness (QED) is 0.603. The Bertz CT molecular complexity index is 948. The minimum atomic E-state index is -0.652. The van der Waals surface area contributed by atoms with Crippen LogP contribution in [-0.2, 0) is 11.2 Å². The van der Waals surface area contributed by atoms with E-state index in [1.165, 1.54) is 11.3 Å². The molecule has 3 aromatic rings. The summed E-state index contributed by atoms with van der Waals surface area (Å²) in [6.45, 7) is 6.06. The summed E-state index contributed by atoms with van der Waals surface area (Å²) in [5.41, 5.74) is 4.37. The molecule has 2 N–H and O–H groups in total. The van der Waals surface area contributed by atoms with Gasteiger partial charge < -0.3 is 10.6 Å². The summed E-state index contributed by atoms with van der Waals surface area (Å²) in [6, 6.07) is 18.8. The molecule has 0 radical (unpaired) electrons. The zero-order chi connectivity index (χ0) is 20.8. The van der Waals surface area contributed by atoms with Gasteiger partial charge in [-0.1, -0.05) is 65.7 Å². The van der Waals surface area contributed by atoms with Crippen molar-refractivity contribution in [3.05, 3.63) is 93.2 Å². The van der Waals surface area contributed by atoms with E-state index in [0.29, 0.717) is 11.3 Å². The third kappa shape index (κ3) is 5.78. The number of amides is 2. The molecule has 1 aromatic heterocycles. The van der Waals surface area contributed by atoms with Crippen LogP contribution in [-0.4, -0.2) is 17.9 Å². The molecular formula is C24H26N2O2S. The molecule has 0 saturated carbocycles. The fraction of sp³-hybridized carbons (Fsp3) is 0.250. The van der Waals surface area contributed by atoms with Gasteiger partial charge in [-0.3, -0.25) is 9.59 Å². The van der Waals surface area contributed by atoms with E-state index in [4.69, 9.17) is 0 Å². The Morgan fingerprint density at radius 3 is 2.24 bits per heavy atom. The summed E-state index contributed by atoms with van der Waals surface area (Å²) in [5, 5.41) is 7.83. The number of rotatable bonds is 7. The van der Waals surface area contributed by atoms with Gasteiger partial charge in [0, 0.05) is 6.42 Å². The molecule has 0 saturated heterocycles. The number of carbonyl (C=O) groups is 2. The van der Waals surface area contributed by atoms with Crippen LogP contribution < -0.4 is 10.6 Å². The SMILES string of the molecule is Cc1cc(C)cc(C(C)NC(=O)C(Cc2ccccc2)NC(=O)c2cccs2)c1. The zero-order valence-electron chi connectivity index (χ0n) is 16.9. The average molecular weight is 407 g/mol. The fourth-order valence-electron chi connectivity index (χ4n) is 3.35. The van der Waals surface area contributed by atoms with E-state index in [1.807, 2.05) is 62.5 Å². The standard InChI is InChI=1S/C24H26N2O2S/c1-16-12-17(2)14-20(13-16)18(3)25-23(27)21(15-19-8-5-4-6-9-19)26-24(28)22-10-7-11-29-22/h4-14,18,21H,15H2,1-3H3,(H,25,27)(H,26,28). The first-order valence-electron chi connectivity index (χ1n) is 9.69. The number of aryl methyl sites for hydroxylation is 2. The molecule has 5 heteroatoms. The smallest absolute Gasteiger partial charge is 0.262 e. The number of benzene rings is 2. The van der Waals surface area contributed by atoms with Crippen molar-refractivity contribution in [3.8, 4) is 0 Å². The molecule has 2 amide bonds. The highest BCUT2D eigenvalue weighted by Crippen LogP contribution is 2.17. The predicted molar refractivity (Wildman–Crippen MR) is 118 cm³/mol. The second kappa shape index (κ2) is 9.52. The Hall–Kier alpha value is -2.92. The van der Waals surface area contributed by atoms with Gasteiger partial charge in [-0.05, 0) is 43.3 Å². The summed E-state index contributed by atoms with van der Waals surface area (Å²) in [4.78, 5) is 26.3. The molecule has 0 spiro atoms. The van der Waals surface area contributed by atoms with Crippen LogP contribution in [0.1, 0.15) is 44.9 Å². The van der Waals surface area contributed by atoms with Crippen molar-refractivity contribution in [1.82, 2.24) is 10.6 Å². The number of nitrogens with one attached hydrogen (secondary N) is 2. The highest BCUT2D eigenvalue weighted by Gasteiger charge is 2.24. The van der Waals surface area contributed by atoms with Gasteiger partial charge in [0.05, 0.1) is 10.9 Å². The average Bonchev–Trinajstić information content (AvgIpc) is 3.22. The molecule has 4 nitrogen and oxygen atoms in total. The van der Waals surface area contributed by atoms with Crippen molar-refractivity contribution in [1.29, 1.82) is 0 Å². The number of thiophene rings is 1. The van der Waals surface area contributed by atoms with Crippen LogP contribution in [0.2, 0.25) is 0 Å². The molecule has 0 bridgehead atoms. The molecule has 0 aliphatic heterocycles. The zero-order valence-corrected chi connectivity index (χ0v) is 17.8. The van der Waals surface area contributed by atoms with E-state index < -0.39 is 6.04 Å². The molecule has 2 aromatic carbocycles. The highest BCUT2D eigenvalue weighted by molar-refractivity contribution is 7.12. The molecule has 0 aliphatic carbocycles. The third-order valence-electron chi connectivity index (χ3n) is 4.75. The van der Waals surface area contributed by atoms with Gasteiger partial charge in [-0.25, -0.2) is 0 Å². The maximum atomic E-state index is 13.1. The van der Waals surface area contributed by atoms with Gasteiger partial charge in [0.15, 0.2) is 0 Å². The summed E-state index contributed by atoms with van der Waals surface area (Å²) in [6.07, 6.45) is 0.434. The molecular weight excluding hydrogens is 380 g/mol. The van der Waals surface area contributed by atoms with Crippen LogP contribution in [0, 0.1) is 13.8 Å². The lowest BCUT2D eigenvalue weighted by Crippen LogP contribution is -2.48. The summed E-state index contributed by atoms with van der Waals surface area (Å²) < 4.78 is 0. The largest absolute Gasteiger partial charge is 0.348 e. The van der Waals surface area contributed by atoms with Crippen LogP contribution in [0.5, 0.6) is 0 Å². The Morgan fingerprint density at radius 1 is 0.931 bits per heavy atom. The minimum Gasteiger partial charge on any atom is -0.348 e. The van der Waals surface area contributed by atoms with E-state index in [2.05, 4.69) is 28.8 Å². The van der Waals surface area contributed by atoms with E-state index in [1.54, 1.807) is 6.07 Å². The fourth-order valence-corrected chi connectivity index (χ4v) is 3.98. The van der Waals surface area contributed by atoms with Crippen molar-refractivity contribution >= 4 is 23.2 Å². The maximum absolute atomic E-state index is 13.1. The van der Waals surface area contributed by atoms with E-state index >= 15 is 0 Å². The third-order valence-corrected chi connectivity index (χ3v) is 5.62. The predicted octanol–water partition coefficient (Wildman–Crippen LogP) is 4.58. The van der Waals surface area contributed by atoms with Crippen LogP contribution in [0.15, 0.2) is 66.0 Å². The Kier molecular flexibility index (Phi) is 6.83. The second-order valence-corrected chi connectivity index (χ2v) is 8.29. The van der Waals surface area contributed by atoms with Crippen molar-refractivity contribution < 1.29 is 9.59 Å². The lowest BCUT2D eigenvalue weighted by atomic mass is 10.0. The van der Waals surface area contributed by atoms with Crippen molar-refractivity contribution in [2.75, 3.05) is 0 Å². The van der Waals surface area contributed by atoms with Crippen LogP contribution in [0.3, 0.4) is 0 Å². The van der Waals surface area contributed by atoms with E-state index in [-0.39, 0.29) is 17.9 Å². The number of hydrogen-bond donors (Lipinski definition) is 2. The van der Waals surface area contributed by atoms with Gasteiger partial charge >= 0.3 is 0 Å². The molecule has 2 atom stereocenters. The Labute approximate surface area is 176 Å². The van der Waals surface area contributed by atoms with E-state index in [0.717, 1.165) is 22.3 Å². The normalized spacial score (nSPS) is 12.8. The first-order chi connectivity index (χ1) is 13.9. The second-order valence-electron chi connectivity index (χ2n) is 7.34.